The van der Waals surface area contributed by atoms with Gasteiger partial charge in [0.2, 0.25) is 0 Å². The number of hydrogen-bond donors (Lipinski definition) is 1. The van der Waals surface area contributed by atoms with Crippen molar-refractivity contribution in [3.8, 4) is 11.3 Å². The number of fused-ring (bicyclic) bond motifs is 1. The summed E-state index contributed by atoms with van der Waals surface area (Å²) >= 11 is 0. The molecular weight excluding hydrogens is 382 g/mol. The van der Waals surface area contributed by atoms with Crippen LogP contribution in [0.4, 0.5) is 0 Å². The fourth-order valence-electron chi connectivity index (χ4n) is 3.32. The standard InChI is InChI=1S/C24H25NO5/c1-16-21(27)18-12-9-13-19(23(18)30-22(16)17-10-5-3-6-11-17)24(28)25-15-8-4-7-14-20(26)29-2/h3,5-6,9-13H,4,7-8,14-15H2,1-2H3,(H,25,28). The van der Waals surface area contributed by atoms with Crippen LogP contribution in [0, 0.1) is 6.92 Å². The lowest BCUT2D eigenvalue weighted by Gasteiger charge is -2.11. The van der Waals surface area contributed by atoms with E-state index in [1.165, 1.54) is 7.11 Å². The molecule has 0 saturated heterocycles. The highest BCUT2D eigenvalue weighted by Gasteiger charge is 2.18. The first kappa shape index (κ1) is 21.3. The van der Waals surface area contributed by atoms with Gasteiger partial charge in [-0.2, -0.15) is 0 Å². The molecule has 3 aromatic rings. The average Bonchev–Trinajstić information content (AvgIpc) is 2.78. The van der Waals surface area contributed by atoms with E-state index in [4.69, 9.17) is 4.42 Å². The van der Waals surface area contributed by atoms with Crippen LogP contribution < -0.4 is 10.7 Å². The van der Waals surface area contributed by atoms with Crippen LogP contribution in [0.2, 0.25) is 0 Å². The normalized spacial score (nSPS) is 10.7. The molecule has 3 rings (SSSR count). The van der Waals surface area contributed by atoms with Crippen LogP contribution in [0.3, 0.4) is 0 Å². The van der Waals surface area contributed by atoms with E-state index in [9.17, 15) is 14.4 Å². The minimum atomic E-state index is -0.292. The van der Waals surface area contributed by atoms with Gasteiger partial charge < -0.3 is 14.5 Å². The molecule has 0 aliphatic rings. The van der Waals surface area contributed by atoms with Crippen LogP contribution in [-0.4, -0.2) is 25.5 Å². The van der Waals surface area contributed by atoms with Crippen molar-refractivity contribution in [1.29, 1.82) is 0 Å². The van der Waals surface area contributed by atoms with Crippen molar-refractivity contribution in [3.63, 3.8) is 0 Å². The first-order valence-corrected chi connectivity index (χ1v) is 9.99. The molecule has 0 atom stereocenters. The third-order valence-corrected chi connectivity index (χ3v) is 5.00. The second-order valence-electron chi connectivity index (χ2n) is 7.08. The highest BCUT2D eigenvalue weighted by atomic mass is 16.5. The minimum Gasteiger partial charge on any atom is -0.469 e. The first-order chi connectivity index (χ1) is 14.5. The predicted molar refractivity (Wildman–Crippen MR) is 115 cm³/mol. The van der Waals surface area contributed by atoms with Crippen molar-refractivity contribution in [2.24, 2.45) is 0 Å². The number of para-hydroxylation sites is 1. The Hall–Kier alpha value is -3.41. The number of esters is 1. The fourth-order valence-corrected chi connectivity index (χ4v) is 3.32. The van der Waals surface area contributed by atoms with Crippen LogP contribution in [0.25, 0.3) is 22.3 Å². The topological polar surface area (TPSA) is 85.6 Å². The molecule has 0 aliphatic carbocycles. The fraction of sp³-hybridized carbons (Fsp3) is 0.292. The van der Waals surface area contributed by atoms with Crippen LogP contribution in [0.5, 0.6) is 0 Å². The molecule has 1 aromatic heterocycles. The van der Waals surface area contributed by atoms with Crippen LogP contribution in [-0.2, 0) is 9.53 Å². The van der Waals surface area contributed by atoms with Crippen molar-refractivity contribution in [2.45, 2.75) is 32.6 Å². The Kier molecular flexibility index (Phi) is 7.01. The van der Waals surface area contributed by atoms with Gasteiger partial charge in [0.25, 0.3) is 5.91 Å². The van der Waals surface area contributed by atoms with Gasteiger partial charge in [-0.3, -0.25) is 14.4 Å². The molecule has 2 aromatic carbocycles. The maximum Gasteiger partial charge on any atom is 0.305 e. The van der Waals surface area contributed by atoms with Gasteiger partial charge >= 0.3 is 5.97 Å². The number of hydrogen-bond acceptors (Lipinski definition) is 5. The molecular formula is C24H25NO5. The maximum atomic E-state index is 12.9. The van der Waals surface area contributed by atoms with Crippen LogP contribution >= 0.6 is 0 Å². The Balaban J connectivity index is 1.79. The van der Waals surface area contributed by atoms with Crippen molar-refractivity contribution >= 4 is 22.8 Å². The van der Waals surface area contributed by atoms with E-state index in [0.29, 0.717) is 41.7 Å². The van der Waals surface area contributed by atoms with Crippen molar-refractivity contribution in [3.05, 3.63) is 69.9 Å². The number of ether oxygens (including phenoxy) is 1. The molecule has 0 bridgehead atoms. The molecule has 1 amide bonds. The Morgan fingerprint density at radius 1 is 1.00 bits per heavy atom. The molecule has 156 valence electrons. The minimum absolute atomic E-state index is 0.146. The van der Waals surface area contributed by atoms with E-state index < -0.39 is 0 Å². The lowest BCUT2D eigenvalue weighted by atomic mass is 10.0. The Morgan fingerprint density at radius 2 is 1.77 bits per heavy atom. The third kappa shape index (κ3) is 4.76. The highest BCUT2D eigenvalue weighted by molar-refractivity contribution is 6.05. The molecule has 1 N–H and O–H groups in total. The summed E-state index contributed by atoms with van der Waals surface area (Å²) in [6.07, 6.45) is 2.63. The number of benzene rings is 2. The summed E-state index contributed by atoms with van der Waals surface area (Å²) in [7, 11) is 1.37. The molecule has 1 heterocycles. The largest absolute Gasteiger partial charge is 0.469 e. The summed E-state index contributed by atoms with van der Waals surface area (Å²) in [6, 6.07) is 14.4. The van der Waals surface area contributed by atoms with Crippen molar-refractivity contribution in [2.75, 3.05) is 13.7 Å². The number of amides is 1. The number of nitrogens with one attached hydrogen (secondary N) is 1. The summed E-state index contributed by atoms with van der Waals surface area (Å²) in [6.45, 7) is 2.20. The van der Waals surface area contributed by atoms with E-state index in [-0.39, 0.29) is 22.9 Å². The zero-order valence-corrected chi connectivity index (χ0v) is 17.2. The quantitative estimate of drug-likeness (QED) is 0.446. The van der Waals surface area contributed by atoms with E-state index in [1.807, 2.05) is 30.3 Å². The molecule has 0 aliphatic heterocycles. The smallest absolute Gasteiger partial charge is 0.305 e. The van der Waals surface area contributed by atoms with E-state index in [2.05, 4.69) is 10.1 Å². The number of methoxy groups -OCH3 is 1. The Morgan fingerprint density at radius 3 is 2.50 bits per heavy atom. The molecule has 0 saturated carbocycles. The molecule has 6 nitrogen and oxygen atoms in total. The summed E-state index contributed by atoms with van der Waals surface area (Å²) in [5, 5.41) is 3.26. The Labute approximate surface area is 174 Å². The number of carbonyl (C=O) groups is 2. The summed E-state index contributed by atoms with van der Waals surface area (Å²) in [4.78, 5) is 36.7. The van der Waals surface area contributed by atoms with E-state index in [0.717, 1.165) is 18.4 Å². The monoisotopic (exact) mass is 407 g/mol. The van der Waals surface area contributed by atoms with Gasteiger partial charge in [0.1, 0.15) is 5.76 Å². The highest BCUT2D eigenvalue weighted by Crippen LogP contribution is 2.27. The van der Waals surface area contributed by atoms with Gasteiger partial charge in [0.15, 0.2) is 11.0 Å². The molecule has 6 heteroatoms. The Bertz CT molecular complexity index is 1100. The zero-order chi connectivity index (χ0) is 21.5. The van der Waals surface area contributed by atoms with E-state index in [1.54, 1.807) is 25.1 Å². The first-order valence-electron chi connectivity index (χ1n) is 9.99. The molecule has 0 spiro atoms. The summed E-state index contributed by atoms with van der Waals surface area (Å²) < 4.78 is 10.7. The van der Waals surface area contributed by atoms with Crippen molar-refractivity contribution in [1.82, 2.24) is 5.32 Å². The molecule has 0 fully saturated rings. The van der Waals surface area contributed by atoms with E-state index >= 15 is 0 Å². The predicted octanol–water partition coefficient (Wildman–Crippen LogP) is 4.23. The molecule has 0 unspecified atom stereocenters. The van der Waals surface area contributed by atoms with Gasteiger partial charge in [-0.15, -0.1) is 0 Å². The second-order valence-corrected chi connectivity index (χ2v) is 7.08. The molecule has 0 radical (unpaired) electrons. The maximum absolute atomic E-state index is 12.9. The van der Waals surface area contributed by atoms with Gasteiger partial charge in [-0.1, -0.05) is 42.8 Å². The van der Waals surface area contributed by atoms with Crippen LogP contribution in [0.15, 0.2) is 57.7 Å². The molecule has 30 heavy (non-hydrogen) atoms. The summed E-state index contributed by atoms with van der Waals surface area (Å²) in [5.74, 6) is -0.0509. The number of unbranched alkanes of at least 4 members (excludes halogenated alkanes) is 2. The number of carbonyl (C=O) groups excluding carboxylic acids is 2. The van der Waals surface area contributed by atoms with Gasteiger partial charge in [0, 0.05) is 24.1 Å². The zero-order valence-electron chi connectivity index (χ0n) is 17.2. The van der Waals surface area contributed by atoms with Crippen molar-refractivity contribution < 1.29 is 18.7 Å². The second kappa shape index (κ2) is 9.87. The van der Waals surface area contributed by atoms with Crippen LogP contribution in [0.1, 0.15) is 41.6 Å². The number of rotatable bonds is 8. The lowest BCUT2D eigenvalue weighted by molar-refractivity contribution is -0.140. The SMILES string of the molecule is COC(=O)CCCCCNC(=O)c1cccc2c(=O)c(C)c(-c3ccccc3)oc12. The van der Waals surface area contributed by atoms with Gasteiger partial charge in [-0.05, 0) is 31.9 Å². The average molecular weight is 407 g/mol. The summed E-state index contributed by atoms with van der Waals surface area (Å²) in [5.41, 5.74) is 1.77. The van der Waals surface area contributed by atoms with Gasteiger partial charge in [-0.25, -0.2) is 0 Å². The van der Waals surface area contributed by atoms with Gasteiger partial charge in [0.05, 0.1) is 18.1 Å². The lowest BCUT2D eigenvalue weighted by Crippen LogP contribution is -2.25. The third-order valence-electron chi connectivity index (χ3n) is 5.00.